The standard InChI is InChI=1S/C21H14F2N2O2/c22-17-7-5-15(6-8-17)20-24-21(27-25-20)16-3-1-14(2-4-16)13-26-19-11-9-18(23)10-12-19/h1-12H,13H2. The summed E-state index contributed by atoms with van der Waals surface area (Å²) in [6, 6.07) is 19.2. The second-order valence-corrected chi connectivity index (χ2v) is 5.87. The SMILES string of the molecule is Fc1ccc(OCc2ccc(-c3nc(-c4ccc(F)cc4)no3)cc2)cc1. The first-order valence-corrected chi connectivity index (χ1v) is 8.25. The molecule has 4 rings (SSSR count). The Bertz CT molecular complexity index is 1030. The van der Waals surface area contributed by atoms with Crippen molar-refractivity contribution in [3.63, 3.8) is 0 Å². The first-order valence-electron chi connectivity index (χ1n) is 8.25. The Hall–Kier alpha value is -3.54. The van der Waals surface area contributed by atoms with Crippen LogP contribution in [-0.2, 0) is 6.61 Å². The highest BCUT2D eigenvalue weighted by atomic mass is 19.1. The summed E-state index contributed by atoms with van der Waals surface area (Å²) >= 11 is 0. The maximum absolute atomic E-state index is 13.0. The van der Waals surface area contributed by atoms with E-state index < -0.39 is 0 Å². The predicted molar refractivity (Wildman–Crippen MR) is 95.9 cm³/mol. The third kappa shape index (κ3) is 4.00. The number of nitrogens with zero attached hydrogens (tertiary/aromatic N) is 2. The molecule has 0 aliphatic heterocycles. The molecule has 6 heteroatoms. The minimum Gasteiger partial charge on any atom is -0.489 e. The van der Waals surface area contributed by atoms with E-state index in [4.69, 9.17) is 9.26 Å². The number of hydrogen-bond acceptors (Lipinski definition) is 4. The largest absolute Gasteiger partial charge is 0.489 e. The van der Waals surface area contributed by atoms with Gasteiger partial charge in [0, 0.05) is 11.1 Å². The third-order valence-corrected chi connectivity index (χ3v) is 3.95. The van der Waals surface area contributed by atoms with E-state index in [1.807, 2.05) is 24.3 Å². The molecule has 4 nitrogen and oxygen atoms in total. The quantitative estimate of drug-likeness (QED) is 0.485. The number of aromatic nitrogens is 2. The summed E-state index contributed by atoms with van der Waals surface area (Å²) in [6.45, 7) is 0.358. The molecule has 4 aromatic rings. The summed E-state index contributed by atoms with van der Waals surface area (Å²) in [5.41, 5.74) is 2.39. The molecule has 0 amide bonds. The Kier molecular flexibility index (Phi) is 4.61. The van der Waals surface area contributed by atoms with Gasteiger partial charge in [-0.25, -0.2) is 8.78 Å². The lowest BCUT2D eigenvalue weighted by Gasteiger charge is -2.06. The van der Waals surface area contributed by atoms with Crippen molar-refractivity contribution in [3.8, 4) is 28.6 Å². The molecule has 1 aromatic heterocycles. The van der Waals surface area contributed by atoms with Gasteiger partial charge in [0.1, 0.15) is 24.0 Å². The maximum atomic E-state index is 13.0. The monoisotopic (exact) mass is 364 g/mol. The summed E-state index contributed by atoms with van der Waals surface area (Å²) in [6.07, 6.45) is 0. The van der Waals surface area contributed by atoms with Crippen molar-refractivity contribution in [2.24, 2.45) is 0 Å². The van der Waals surface area contributed by atoms with E-state index in [2.05, 4.69) is 10.1 Å². The first-order chi connectivity index (χ1) is 13.2. The fourth-order valence-corrected chi connectivity index (χ4v) is 2.50. The van der Waals surface area contributed by atoms with E-state index in [0.717, 1.165) is 11.1 Å². The van der Waals surface area contributed by atoms with Crippen molar-refractivity contribution in [1.82, 2.24) is 10.1 Å². The fourth-order valence-electron chi connectivity index (χ4n) is 2.50. The van der Waals surface area contributed by atoms with E-state index in [0.29, 0.717) is 29.6 Å². The molecule has 134 valence electrons. The number of benzene rings is 3. The van der Waals surface area contributed by atoms with Gasteiger partial charge in [0.25, 0.3) is 5.89 Å². The fraction of sp³-hybridized carbons (Fsp3) is 0.0476. The molecule has 0 aliphatic carbocycles. The number of halogens is 2. The Morgan fingerprint density at radius 3 is 2.00 bits per heavy atom. The lowest BCUT2D eigenvalue weighted by atomic mass is 10.1. The van der Waals surface area contributed by atoms with Gasteiger partial charge in [0.2, 0.25) is 5.82 Å². The van der Waals surface area contributed by atoms with Gasteiger partial charge in [-0.15, -0.1) is 0 Å². The molecule has 3 aromatic carbocycles. The molecule has 27 heavy (non-hydrogen) atoms. The highest BCUT2D eigenvalue weighted by Gasteiger charge is 2.10. The Labute approximate surface area is 154 Å². The van der Waals surface area contributed by atoms with Crippen molar-refractivity contribution in [2.45, 2.75) is 6.61 Å². The molecule has 0 unspecified atom stereocenters. The third-order valence-electron chi connectivity index (χ3n) is 3.95. The minimum atomic E-state index is -0.319. The lowest BCUT2D eigenvalue weighted by molar-refractivity contribution is 0.306. The minimum absolute atomic E-state index is 0.300. The van der Waals surface area contributed by atoms with Crippen LogP contribution in [0.5, 0.6) is 5.75 Å². The van der Waals surface area contributed by atoms with Crippen molar-refractivity contribution in [3.05, 3.63) is 90.0 Å². The molecule has 0 bridgehead atoms. The molecule has 0 fully saturated rings. The van der Waals surface area contributed by atoms with Gasteiger partial charge >= 0.3 is 0 Å². The molecular weight excluding hydrogens is 350 g/mol. The zero-order valence-electron chi connectivity index (χ0n) is 14.1. The lowest BCUT2D eigenvalue weighted by Crippen LogP contribution is -1.95. The maximum Gasteiger partial charge on any atom is 0.258 e. The highest BCUT2D eigenvalue weighted by Crippen LogP contribution is 2.23. The molecule has 1 heterocycles. The molecule has 0 saturated carbocycles. The van der Waals surface area contributed by atoms with Crippen LogP contribution in [0.25, 0.3) is 22.8 Å². The summed E-state index contributed by atoms with van der Waals surface area (Å²) in [5.74, 6) is 0.752. The van der Waals surface area contributed by atoms with Crippen LogP contribution in [0.3, 0.4) is 0 Å². The first kappa shape index (κ1) is 16.9. The van der Waals surface area contributed by atoms with Crippen LogP contribution in [0.15, 0.2) is 77.3 Å². The average molecular weight is 364 g/mol. The van der Waals surface area contributed by atoms with Crippen molar-refractivity contribution in [1.29, 1.82) is 0 Å². The molecular formula is C21H14F2N2O2. The van der Waals surface area contributed by atoms with Crippen LogP contribution < -0.4 is 4.74 Å². The van der Waals surface area contributed by atoms with Gasteiger partial charge in [-0.1, -0.05) is 17.3 Å². The van der Waals surface area contributed by atoms with Crippen LogP contribution in [0.2, 0.25) is 0 Å². The van der Waals surface area contributed by atoms with Gasteiger partial charge in [0.05, 0.1) is 0 Å². The number of ether oxygens (including phenoxy) is 1. The molecule has 0 radical (unpaired) electrons. The predicted octanol–water partition coefficient (Wildman–Crippen LogP) is 5.26. The van der Waals surface area contributed by atoms with Crippen molar-refractivity contribution < 1.29 is 18.0 Å². The summed E-state index contributed by atoms with van der Waals surface area (Å²) < 4.78 is 36.8. The molecule has 0 atom stereocenters. The topological polar surface area (TPSA) is 48.2 Å². The second-order valence-electron chi connectivity index (χ2n) is 5.87. The molecule has 0 saturated heterocycles. The van der Waals surface area contributed by atoms with E-state index in [9.17, 15) is 8.78 Å². The molecule has 0 N–H and O–H groups in total. The van der Waals surface area contributed by atoms with Gasteiger partial charge in [0.15, 0.2) is 0 Å². The normalized spacial score (nSPS) is 10.7. The average Bonchev–Trinajstić information content (AvgIpc) is 3.19. The Morgan fingerprint density at radius 2 is 1.33 bits per heavy atom. The Balaban J connectivity index is 1.44. The number of rotatable bonds is 5. The Morgan fingerprint density at radius 1 is 0.741 bits per heavy atom. The van der Waals surface area contributed by atoms with E-state index >= 15 is 0 Å². The van der Waals surface area contributed by atoms with Gasteiger partial charge in [-0.2, -0.15) is 4.98 Å². The summed E-state index contributed by atoms with van der Waals surface area (Å²) in [7, 11) is 0. The smallest absolute Gasteiger partial charge is 0.258 e. The van der Waals surface area contributed by atoms with Crippen LogP contribution in [0, 0.1) is 11.6 Å². The van der Waals surface area contributed by atoms with Gasteiger partial charge in [-0.05, 0) is 66.2 Å². The van der Waals surface area contributed by atoms with Crippen LogP contribution in [-0.4, -0.2) is 10.1 Å². The number of hydrogen-bond donors (Lipinski definition) is 0. The summed E-state index contributed by atoms with van der Waals surface area (Å²) in [5, 5.41) is 3.93. The van der Waals surface area contributed by atoms with Crippen LogP contribution >= 0.6 is 0 Å². The zero-order chi connectivity index (χ0) is 18.6. The van der Waals surface area contributed by atoms with Crippen molar-refractivity contribution >= 4 is 0 Å². The van der Waals surface area contributed by atoms with Gasteiger partial charge in [-0.3, -0.25) is 0 Å². The van der Waals surface area contributed by atoms with E-state index in [1.54, 1.807) is 24.3 Å². The van der Waals surface area contributed by atoms with Crippen molar-refractivity contribution in [2.75, 3.05) is 0 Å². The zero-order valence-corrected chi connectivity index (χ0v) is 14.1. The second kappa shape index (κ2) is 7.37. The van der Waals surface area contributed by atoms with Gasteiger partial charge < -0.3 is 9.26 Å². The van der Waals surface area contributed by atoms with Crippen LogP contribution in [0.1, 0.15) is 5.56 Å². The highest BCUT2D eigenvalue weighted by molar-refractivity contribution is 5.59. The van der Waals surface area contributed by atoms with E-state index in [-0.39, 0.29) is 11.6 Å². The van der Waals surface area contributed by atoms with E-state index in [1.165, 1.54) is 24.3 Å². The molecule has 0 spiro atoms. The molecule has 0 aliphatic rings. The van der Waals surface area contributed by atoms with Crippen LogP contribution in [0.4, 0.5) is 8.78 Å². The summed E-state index contributed by atoms with van der Waals surface area (Å²) in [4.78, 5) is 4.34.